The van der Waals surface area contributed by atoms with E-state index in [2.05, 4.69) is 0 Å². The predicted octanol–water partition coefficient (Wildman–Crippen LogP) is 3.25. The molecule has 2 amide bonds. The number of halogens is 2. The highest BCUT2D eigenvalue weighted by atomic mass is 19.1. The fourth-order valence-corrected chi connectivity index (χ4v) is 3.37. The van der Waals surface area contributed by atoms with Gasteiger partial charge < -0.3 is 14.5 Å². The predicted molar refractivity (Wildman–Crippen MR) is 105 cm³/mol. The molecule has 1 aliphatic rings. The third kappa shape index (κ3) is 4.55. The van der Waals surface area contributed by atoms with Crippen LogP contribution in [0.3, 0.4) is 0 Å². The van der Waals surface area contributed by atoms with Crippen LogP contribution in [-0.2, 0) is 4.79 Å². The summed E-state index contributed by atoms with van der Waals surface area (Å²) in [6.07, 6.45) is 0. The molecule has 0 saturated carbocycles. The maximum absolute atomic E-state index is 13.8. The molecule has 0 bridgehead atoms. The second-order valence-electron chi connectivity index (χ2n) is 7.24. The van der Waals surface area contributed by atoms with Crippen molar-refractivity contribution in [2.45, 2.75) is 20.8 Å². The normalized spacial score (nSPS) is 14.1. The van der Waals surface area contributed by atoms with Gasteiger partial charge in [0.25, 0.3) is 11.8 Å². The van der Waals surface area contributed by atoms with E-state index in [0.717, 1.165) is 34.6 Å². The van der Waals surface area contributed by atoms with Crippen LogP contribution in [0, 0.1) is 32.4 Å². The van der Waals surface area contributed by atoms with Gasteiger partial charge in [0.05, 0.1) is 5.56 Å². The van der Waals surface area contributed by atoms with Gasteiger partial charge in [-0.25, -0.2) is 8.78 Å². The van der Waals surface area contributed by atoms with Crippen molar-refractivity contribution in [1.82, 2.24) is 9.80 Å². The van der Waals surface area contributed by atoms with Gasteiger partial charge in [0.2, 0.25) is 0 Å². The van der Waals surface area contributed by atoms with Gasteiger partial charge in [-0.1, -0.05) is 12.1 Å². The SMILES string of the molecule is Cc1ccc(C)c(OCC(=O)N2CCN(C(=O)c3ccc(F)cc3F)CC2)c1C. The van der Waals surface area contributed by atoms with Crippen molar-refractivity contribution in [3.63, 3.8) is 0 Å². The van der Waals surface area contributed by atoms with Crippen LogP contribution in [0.1, 0.15) is 27.0 Å². The minimum Gasteiger partial charge on any atom is -0.483 e. The zero-order chi connectivity index (χ0) is 21.1. The summed E-state index contributed by atoms with van der Waals surface area (Å²) in [5.41, 5.74) is 2.91. The summed E-state index contributed by atoms with van der Waals surface area (Å²) in [6.45, 7) is 7.04. The third-order valence-electron chi connectivity index (χ3n) is 5.29. The van der Waals surface area contributed by atoms with E-state index in [1.165, 1.54) is 4.90 Å². The third-order valence-corrected chi connectivity index (χ3v) is 5.29. The molecule has 3 rings (SSSR count). The number of hydrogen-bond acceptors (Lipinski definition) is 3. The van der Waals surface area contributed by atoms with Crippen molar-refractivity contribution in [1.29, 1.82) is 0 Å². The Kier molecular flexibility index (Phi) is 6.15. The van der Waals surface area contributed by atoms with Crippen LogP contribution in [-0.4, -0.2) is 54.4 Å². The summed E-state index contributed by atoms with van der Waals surface area (Å²) in [5, 5.41) is 0. The first kappa shape index (κ1) is 20.8. The van der Waals surface area contributed by atoms with Crippen LogP contribution in [0.25, 0.3) is 0 Å². The van der Waals surface area contributed by atoms with Crippen LogP contribution in [0.15, 0.2) is 30.3 Å². The summed E-state index contributed by atoms with van der Waals surface area (Å²) in [6, 6.07) is 6.87. The average Bonchev–Trinajstić information content (AvgIpc) is 2.70. The highest BCUT2D eigenvalue weighted by Gasteiger charge is 2.26. The number of piperazine rings is 1. The molecule has 1 saturated heterocycles. The Morgan fingerprint density at radius 1 is 0.931 bits per heavy atom. The summed E-state index contributed by atoms with van der Waals surface area (Å²) in [7, 11) is 0. The molecule has 0 N–H and O–H groups in total. The zero-order valence-electron chi connectivity index (χ0n) is 16.8. The van der Waals surface area contributed by atoms with Gasteiger partial charge in [0, 0.05) is 32.2 Å². The lowest BCUT2D eigenvalue weighted by Gasteiger charge is -2.34. The van der Waals surface area contributed by atoms with Crippen LogP contribution >= 0.6 is 0 Å². The number of amides is 2. The Labute approximate surface area is 168 Å². The zero-order valence-corrected chi connectivity index (χ0v) is 16.8. The van der Waals surface area contributed by atoms with Gasteiger partial charge >= 0.3 is 0 Å². The molecule has 2 aromatic rings. The maximum Gasteiger partial charge on any atom is 0.260 e. The van der Waals surface area contributed by atoms with E-state index in [1.54, 1.807) is 4.90 Å². The topological polar surface area (TPSA) is 49.9 Å². The lowest BCUT2D eigenvalue weighted by molar-refractivity contribution is -0.134. The summed E-state index contributed by atoms with van der Waals surface area (Å²) in [5.74, 6) is -1.56. The fourth-order valence-electron chi connectivity index (χ4n) is 3.37. The molecule has 0 aromatic heterocycles. The number of rotatable bonds is 4. The summed E-state index contributed by atoms with van der Waals surface area (Å²) in [4.78, 5) is 28.1. The van der Waals surface area contributed by atoms with E-state index < -0.39 is 17.5 Å². The van der Waals surface area contributed by atoms with E-state index in [-0.39, 0.29) is 31.2 Å². The smallest absolute Gasteiger partial charge is 0.260 e. The molecule has 1 fully saturated rings. The molecular weight excluding hydrogens is 378 g/mol. The summed E-state index contributed by atoms with van der Waals surface area (Å²) >= 11 is 0. The van der Waals surface area contributed by atoms with Crippen LogP contribution in [0.4, 0.5) is 8.78 Å². The number of ether oxygens (including phenoxy) is 1. The Hall–Kier alpha value is -2.96. The van der Waals surface area contributed by atoms with Crippen molar-refractivity contribution >= 4 is 11.8 Å². The van der Waals surface area contributed by atoms with Gasteiger partial charge in [0.15, 0.2) is 6.61 Å². The monoisotopic (exact) mass is 402 g/mol. The minimum atomic E-state index is -0.884. The second-order valence-corrected chi connectivity index (χ2v) is 7.24. The Bertz CT molecular complexity index is 938. The molecule has 1 heterocycles. The first-order valence-electron chi connectivity index (χ1n) is 9.49. The number of nitrogens with zero attached hydrogens (tertiary/aromatic N) is 2. The summed E-state index contributed by atoms with van der Waals surface area (Å²) < 4.78 is 32.7. The standard InChI is InChI=1S/C22H24F2N2O3/c1-14-4-5-15(2)21(16(14)3)29-13-20(27)25-8-10-26(11-9-25)22(28)18-7-6-17(23)12-19(18)24/h4-7,12H,8-11,13H2,1-3H3. The van der Waals surface area contributed by atoms with Gasteiger partial charge in [0.1, 0.15) is 17.4 Å². The molecule has 5 nitrogen and oxygen atoms in total. The van der Waals surface area contributed by atoms with Crippen molar-refractivity contribution in [2.75, 3.05) is 32.8 Å². The average molecular weight is 402 g/mol. The number of carbonyl (C=O) groups is 2. The quantitative estimate of drug-likeness (QED) is 0.789. The van der Waals surface area contributed by atoms with E-state index in [0.29, 0.717) is 19.2 Å². The van der Waals surface area contributed by atoms with Gasteiger partial charge in [-0.05, 0) is 49.6 Å². The molecule has 0 atom stereocenters. The lowest BCUT2D eigenvalue weighted by atomic mass is 10.1. The Morgan fingerprint density at radius 2 is 1.55 bits per heavy atom. The van der Waals surface area contributed by atoms with Gasteiger partial charge in [-0.3, -0.25) is 9.59 Å². The van der Waals surface area contributed by atoms with E-state index in [9.17, 15) is 18.4 Å². The first-order valence-corrected chi connectivity index (χ1v) is 9.49. The first-order chi connectivity index (χ1) is 13.8. The Balaban J connectivity index is 1.56. The van der Waals surface area contributed by atoms with E-state index in [1.807, 2.05) is 32.9 Å². The second kappa shape index (κ2) is 8.59. The molecule has 0 aliphatic carbocycles. The van der Waals surface area contributed by atoms with Crippen LogP contribution < -0.4 is 4.74 Å². The molecule has 0 spiro atoms. The van der Waals surface area contributed by atoms with Crippen molar-refractivity contribution < 1.29 is 23.1 Å². The van der Waals surface area contributed by atoms with Crippen LogP contribution in [0.2, 0.25) is 0 Å². The van der Waals surface area contributed by atoms with Crippen molar-refractivity contribution in [3.8, 4) is 5.75 Å². The fraction of sp³-hybridized carbons (Fsp3) is 0.364. The number of benzene rings is 2. The maximum atomic E-state index is 13.8. The highest BCUT2D eigenvalue weighted by molar-refractivity contribution is 5.94. The molecule has 29 heavy (non-hydrogen) atoms. The minimum absolute atomic E-state index is 0.0777. The lowest BCUT2D eigenvalue weighted by Crippen LogP contribution is -2.51. The van der Waals surface area contributed by atoms with Gasteiger partial charge in [-0.2, -0.15) is 0 Å². The number of hydrogen-bond donors (Lipinski definition) is 0. The number of aryl methyl sites for hydroxylation is 2. The van der Waals surface area contributed by atoms with E-state index in [4.69, 9.17) is 4.74 Å². The molecule has 1 aliphatic heterocycles. The molecule has 154 valence electrons. The van der Waals surface area contributed by atoms with Crippen molar-refractivity contribution in [2.24, 2.45) is 0 Å². The Morgan fingerprint density at radius 3 is 2.21 bits per heavy atom. The molecule has 0 radical (unpaired) electrons. The van der Waals surface area contributed by atoms with Crippen LogP contribution in [0.5, 0.6) is 5.75 Å². The largest absolute Gasteiger partial charge is 0.483 e. The molecule has 0 unspecified atom stereocenters. The molecule has 2 aromatic carbocycles. The molecular formula is C22H24F2N2O3. The van der Waals surface area contributed by atoms with Gasteiger partial charge in [-0.15, -0.1) is 0 Å². The molecule has 7 heteroatoms. The van der Waals surface area contributed by atoms with Crippen molar-refractivity contribution in [3.05, 3.63) is 64.2 Å². The highest BCUT2D eigenvalue weighted by Crippen LogP contribution is 2.25. The number of carbonyl (C=O) groups excluding carboxylic acids is 2. The van der Waals surface area contributed by atoms with E-state index >= 15 is 0 Å².